The quantitative estimate of drug-likeness (QED) is 0.653. The lowest BCUT2D eigenvalue weighted by Crippen LogP contribution is -2.20. The first-order valence-electron chi connectivity index (χ1n) is 7.62. The van der Waals surface area contributed by atoms with Crippen molar-refractivity contribution in [2.75, 3.05) is 17.7 Å². The Balaban J connectivity index is 0.00000182. The van der Waals surface area contributed by atoms with Gasteiger partial charge in [0.15, 0.2) is 0 Å². The summed E-state index contributed by atoms with van der Waals surface area (Å²) in [5.41, 5.74) is 11.1. The molecule has 1 aliphatic rings. The zero-order valence-corrected chi connectivity index (χ0v) is 15.2. The Kier molecular flexibility index (Phi) is 4.70. The number of carbonyl (C=O) groups is 1. The van der Waals surface area contributed by atoms with Crippen LogP contribution >= 0.6 is 23.7 Å². The molecule has 3 aromatic rings. The Morgan fingerprint density at radius 3 is 2.52 bits per heavy atom. The number of rotatable bonds is 2. The molecule has 2 aromatic carbocycles. The van der Waals surface area contributed by atoms with Crippen LogP contribution in [0.15, 0.2) is 54.6 Å². The molecule has 0 amide bonds. The summed E-state index contributed by atoms with van der Waals surface area (Å²) in [6.45, 7) is 0.744. The molecule has 0 saturated heterocycles. The summed E-state index contributed by atoms with van der Waals surface area (Å²) in [5, 5.41) is 0.984. The fraction of sp³-hybridized carbons (Fsp3) is 0.105. The highest BCUT2D eigenvalue weighted by Gasteiger charge is 2.31. The van der Waals surface area contributed by atoms with E-state index in [0.717, 1.165) is 28.4 Å². The number of esters is 1. The zero-order chi connectivity index (χ0) is 16.7. The number of fused-ring (bicyclic) bond motifs is 3. The van der Waals surface area contributed by atoms with Crippen molar-refractivity contribution in [3.8, 4) is 11.1 Å². The molecule has 0 atom stereocenters. The minimum atomic E-state index is -0.391. The average Bonchev–Trinajstić information content (AvgIpc) is 2.99. The number of nitrogens with two attached hydrogens (primary N) is 1. The molecule has 0 aliphatic carbocycles. The highest BCUT2D eigenvalue weighted by Crippen LogP contribution is 2.51. The van der Waals surface area contributed by atoms with Gasteiger partial charge in [0.05, 0.1) is 12.8 Å². The van der Waals surface area contributed by atoms with Crippen LogP contribution in [0.25, 0.3) is 11.1 Å². The van der Waals surface area contributed by atoms with Crippen molar-refractivity contribution < 1.29 is 9.53 Å². The fourth-order valence-corrected chi connectivity index (χ4v) is 4.26. The van der Waals surface area contributed by atoms with Crippen LogP contribution in [0.4, 0.5) is 16.4 Å². The Bertz CT molecular complexity index is 924. The van der Waals surface area contributed by atoms with Gasteiger partial charge in [-0.15, -0.1) is 23.7 Å². The fourth-order valence-electron chi connectivity index (χ4n) is 3.09. The molecule has 2 N–H and O–H groups in total. The third-order valence-corrected chi connectivity index (χ3v) is 5.43. The third kappa shape index (κ3) is 2.75. The van der Waals surface area contributed by atoms with E-state index in [1.165, 1.54) is 24.0 Å². The van der Waals surface area contributed by atoms with Gasteiger partial charge >= 0.3 is 5.97 Å². The maximum absolute atomic E-state index is 12.1. The van der Waals surface area contributed by atoms with Crippen LogP contribution in [0, 0.1) is 0 Å². The molecule has 0 saturated carbocycles. The van der Waals surface area contributed by atoms with Gasteiger partial charge in [-0.05, 0) is 23.3 Å². The van der Waals surface area contributed by atoms with Crippen molar-refractivity contribution in [3.05, 3.63) is 65.0 Å². The lowest BCUT2D eigenvalue weighted by Gasteiger charge is -2.30. The maximum atomic E-state index is 12.1. The van der Waals surface area contributed by atoms with Gasteiger partial charge in [-0.2, -0.15) is 0 Å². The standard InChI is InChI=1S/C19H16N2O2S.ClH/c1-23-19(22)17-16(20)15-14-10-6-5-7-12(14)11-21(18(15)24-17)13-8-3-2-4-9-13;/h2-10H,11,20H2,1H3;1H. The topological polar surface area (TPSA) is 55.6 Å². The number of benzene rings is 2. The Labute approximate surface area is 156 Å². The summed E-state index contributed by atoms with van der Waals surface area (Å²) in [5.74, 6) is -0.391. The number of methoxy groups -OCH3 is 1. The van der Waals surface area contributed by atoms with Crippen molar-refractivity contribution >= 4 is 46.1 Å². The number of thiophene rings is 1. The first-order chi connectivity index (χ1) is 11.7. The monoisotopic (exact) mass is 372 g/mol. The van der Waals surface area contributed by atoms with Crippen molar-refractivity contribution in [2.45, 2.75) is 6.54 Å². The molecule has 0 spiro atoms. The molecular formula is C19H17ClN2O2S. The van der Waals surface area contributed by atoms with Crippen LogP contribution in [0.1, 0.15) is 15.2 Å². The third-order valence-electron chi connectivity index (χ3n) is 4.23. The predicted molar refractivity (Wildman–Crippen MR) is 105 cm³/mol. The van der Waals surface area contributed by atoms with E-state index in [0.29, 0.717) is 10.6 Å². The van der Waals surface area contributed by atoms with Gasteiger partial charge in [0, 0.05) is 17.8 Å². The minimum absolute atomic E-state index is 0. The molecule has 6 heteroatoms. The molecule has 0 radical (unpaired) electrons. The summed E-state index contributed by atoms with van der Waals surface area (Å²) >= 11 is 1.39. The molecule has 1 aromatic heterocycles. The summed E-state index contributed by atoms with van der Waals surface area (Å²) in [7, 11) is 1.38. The van der Waals surface area contributed by atoms with E-state index in [1.807, 2.05) is 30.3 Å². The number of ether oxygens (including phenoxy) is 1. The van der Waals surface area contributed by atoms with Crippen LogP contribution in [0.5, 0.6) is 0 Å². The molecule has 0 unspecified atom stereocenters. The van der Waals surface area contributed by atoms with Crippen molar-refractivity contribution in [3.63, 3.8) is 0 Å². The van der Waals surface area contributed by atoms with Gasteiger partial charge in [0.25, 0.3) is 0 Å². The van der Waals surface area contributed by atoms with Gasteiger partial charge in [-0.1, -0.05) is 42.5 Å². The van der Waals surface area contributed by atoms with E-state index in [2.05, 4.69) is 29.2 Å². The second kappa shape index (κ2) is 6.78. The number of carbonyl (C=O) groups excluding carboxylic acids is 1. The van der Waals surface area contributed by atoms with E-state index >= 15 is 0 Å². The molecule has 0 bridgehead atoms. The number of hydrogen-bond donors (Lipinski definition) is 1. The molecule has 4 nitrogen and oxygen atoms in total. The molecule has 2 heterocycles. The van der Waals surface area contributed by atoms with E-state index in [9.17, 15) is 4.79 Å². The number of halogens is 1. The second-order valence-corrected chi connectivity index (χ2v) is 6.59. The summed E-state index contributed by atoms with van der Waals surface area (Å²) in [4.78, 5) is 14.8. The summed E-state index contributed by atoms with van der Waals surface area (Å²) in [6, 6.07) is 18.3. The zero-order valence-electron chi connectivity index (χ0n) is 13.6. The molecular weight excluding hydrogens is 356 g/mol. The maximum Gasteiger partial charge on any atom is 0.350 e. The van der Waals surface area contributed by atoms with E-state index < -0.39 is 5.97 Å². The van der Waals surface area contributed by atoms with Gasteiger partial charge in [-0.25, -0.2) is 4.79 Å². The van der Waals surface area contributed by atoms with E-state index in [-0.39, 0.29) is 12.4 Å². The Morgan fingerprint density at radius 1 is 1.12 bits per heavy atom. The second-order valence-electron chi connectivity index (χ2n) is 5.60. The largest absolute Gasteiger partial charge is 0.465 e. The number of nitrogen functional groups attached to an aromatic ring is 1. The summed E-state index contributed by atoms with van der Waals surface area (Å²) < 4.78 is 4.90. The molecule has 0 fully saturated rings. The summed E-state index contributed by atoms with van der Waals surface area (Å²) in [6.07, 6.45) is 0. The molecule has 4 rings (SSSR count). The van der Waals surface area contributed by atoms with Gasteiger partial charge < -0.3 is 15.4 Å². The van der Waals surface area contributed by atoms with Crippen LogP contribution in [-0.2, 0) is 11.3 Å². The smallest absolute Gasteiger partial charge is 0.350 e. The first-order valence-corrected chi connectivity index (χ1v) is 8.43. The molecule has 128 valence electrons. The highest BCUT2D eigenvalue weighted by molar-refractivity contribution is 7.19. The number of nitrogens with zero attached hydrogens (tertiary/aromatic N) is 1. The van der Waals surface area contributed by atoms with Gasteiger partial charge in [-0.3, -0.25) is 0 Å². The SMILES string of the molecule is COC(=O)c1sc2c(c1N)-c1ccccc1CN2c1ccccc1.Cl. The van der Waals surface area contributed by atoms with Gasteiger partial charge in [0.2, 0.25) is 0 Å². The first kappa shape index (κ1) is 17.3. The normalized spacial score (nSPS) is 12.0. The van der Waals surface area contributed by atoms with Crippen LogP contribution in [0.2, 0.25) is 0 Å². The van der Waals surface area contributed by atoms with Crippen molar-refractivity contribution in [1.82, 2.24) is 0 Å². The van der Waals surface area contributed by atoms with Crippen molar-refractivity contribution in [1.29, 1.82) is 0 Å². The highest BCUT2D eigenvalue weighted by atomic mass is 35.5. The lowest BCUT2D eigenvalue weighted by atomic mass is 9.95. The van der Waals surface area contributed by atoms with E-state index in [4.69, 9.17) is 10.5 Å². The van der Waals surface area contributed by atoms with Crippen LogP contribution in [-0.4, -0.2) is 13.1 Å². The van der Waals surface area contributed by atoms with E-state index in [1.54, 1.807) is 0 Å². The average molecular weight is 373 g/mol. The predicted octanol–water partition coefficient (Wildman–Crippen LogP) is 4.86. The minimum Gasteiger partial charge on any atom is -0.465 e. The number of para-hydroxylation sites is 1. The Morgan fingerprint density at radius 2 is 1.80 bits per heavy atom. The van der Waals surface area contributed by atoms with Crippen LogP contribution in [0.3, 0.4) is 0 Å². The van der Waals surface area contributed by atoms with Gasteiger partial charge in [0.1, 0.15) is 9.88 Å². The van der Waals surface area contributed by atoms with Crippen LogP contribution < -0.4 is 10.6 Å². The number of hydrogen-bond acceptors (Lipinski definition) is 5. The Hall–Kier alpha value is -2.50. The lowest BCUT2D eigenvalue weighted by molar-refractivity contribution is 0.0607. The van der Waals surface area contributed by atoms with Crippen molar-refractivity contribution in [2.24, 2.45) is 0 Å². The molecule has 1 aliphatic heterocycles. The molecule has 25 heavy (non-hydrogen) atoms. The number of anilines is 3.